The molecule has 0 spiro atoms. The maximum Gasteiger partial charge on any atom is 0.0463 e. The van der Waals surface area contributed by atoms with Crippen LogP contribution >= 0.6 is 0 Å². The number of anilines is 10. The molecule has 0 aliphatic carbocycles. The van der Waals surface area contributed by atoms with Crippen LogP contribution < -0.4 is 20.4 Å². The zero-order valence-corrected chi connectivity index (χ0v) is 31.2. The van der Waals surface area contributed by atoms with Crippen molar-refractivity contribution in [3.8, 4) is 0 Å². The molecule has 8 rings (SSSR count). The molecule has 8 aromatic carbocycles. The summed E-state index contributed by atoms with van der Waals surface area (Å²) < 4.78 is 0. The topological polar surface area (TPSA) is 30.5 Å². The minimum atomic E-state index is -0.235. The minimum Gasteiger partial charge on any atom is -0.356 e. The largest absolute Gasteiger partial charge is 0.356 e. The van der Waals surface area contributed by atoms with Crippen LogP contribution in [0.15, 0.2) is 218 Å². The molecule has 0 radical (unpaired) electrons. The molecule has 0 atom stereocenters. The second-order valence-electron chi connectivity index (χ2n) is 14.1. The number of hydrogen-bond donors (Lipinski definition) is 2. The Hall–Kier alpha value is -7.04. The van der Waals surface area contributed by atoms with E-state index >= 15 is 0 Å². The van der Waals surface area contributed by atoms with Crippen LogP contribution in [-0.4, -0.2) is 0 Å². The van der Waals surface area contributed by atoms with Gasteiger partial charge in [-0.05, 0) is 132 Å². The molecule has 0 aliphatic heterocycles. The third kappa shape index (κ3) is 8.00. The Morgan fingerprint density at radius 3 is 0.891 bits per heavy atom. The van der Waals surface area contributed by atoms with E-state index in [1.54, 1.807) is 0 Å². The molecule has 2 N–H and O–H groups in total. The van der Waals surface area contributed by atoms with Gasteiger partial charge in [-0.25, -0.2) is 0 Å². The first kappa shape index (κ1) is 35.0. The lowest BCUT2D eigenvalue weighted by molar-refractivity contribution is 0.641. The van der Waals surface area contributed by atoms with E-state index in [0.717, 1.165) is 56.9 Å². The van der Waals surface area contributed by atoms with Crippen molar-refractivity contribution >= 4 is 56.9 Å². The Morgan fingerprint density at radius 2 is 0.582 bits per heavy atom. The van der Waals surface area contributed by atoms with Crippen LogP contribution in [0, 0.1) is 0 Å². The van der Waals surface area contributed by atoms with Gasteiger partial charge < -0.3 is 20.4 Å². The summed E-state index contributed by atoms with van der Waals surface area (Å²) in [7, 11) is 0. The fraction of sp³-hybridized carbons (Fsp3) is 0.0588. The molecule has 0 amide bonds. The summed E-state index contributed by atoms with van der Waals surface area (Å²) in [4.78, 5) is 4.55. The highest BCUT2D eigenvalue weighted by molar-refractivity contribution is 5.79. The first-order chi connectivity index (χ1) is 27.0. The number of benzene rings is 8. The molecular formula is C51H44N4. The molecule has 4 nitrogen and oxygen atoms in total. The lowest BCUT2D eigenvalue weighted by atomic mass is 9.78. The van der Waals surface area contributed by atoms with Crippen LogP contribution in [-0.2, 0) is 5.41 Å². The number of para-hydroxylation sites is 4. The van der Waals surface area contributed by atoms with Crippen LogP contribution in [0.1, 0.15) is 25.0 Å². The van der Waals surface area contributed by atoms with Gasteiger partial charge in [0.15, 0.2) is 0 Å². The SMILES string of the molecule is CC(C)(c1cccc(Nc2ccc(N(c3ccccc3)c3ccccc3)cc2)c1)c1cccc(Nc2ccc(N(c3ccccc3)c3ccccc3)cc2)c1. The summed E-state index contributed by atoms with van der Waals surface area (Å²) >= 11 is 0. The summed E-state index contributed by atoms with van der Waals surface area (Å²) in [6, 6.07) is 76.7. The summed E-state index contributed by atoms with van der Waals surface area (Å²) in [5, 5.41) is 7.31. The van der Waals surface area contributed by atoms with Gasteiger partial charge in [-0.15, -0.1) is 0 Å². The average molecular weight is 713 g/mol. The first-order valence-corrected chi connectivity index (χ1v) is 18.8. The third-order valence-electron chi connectivity index (χ3n) is 10.1. The van der Waals surface area contributed by atoms with E-state index in [9.17, 15) is 0 Å². The molecule has 55 heavy (non-hydrogen) atoms. The third-order valence-corrected chi connectivity index (χ3v) is 10.1. The molecule has 0 saturated carbocycles. The molecule has 8 aromatic rings. The average Bonchev–Trinajstić information content (AvgIpc) is 3.24. The molecule has 0 fully saturated rings. The Balaban J connectivity index is 0.979. The molecule has 0 heterocycles. The molecule has 0 bridgehead atoms. The summed E-state index contributed by atoms with van der Waals surface area (Å²) in [5.41, 5.74) is 13.1. The zero-order chi connectivity index (χ0) is 37.5. The van der Waals surface area contributed by atoms with Gasteiger partial charge in [0, 0.05) is 62.3 Å². The van der Waals surface area contributed by atoms with Gasteiger partial charge in [0.1, 0.15) is 0 Å². The van der Waals surface area contributed by atoms with Crippen molar-refractivity contribution in [1.29, 1.82) is 0 Å². The molecule has 4 heteroatoms. The maximum atomic E-state index is 3.66. The lowest BCUT2D eigenvalue weighted by Crippen LogP contribution is -2.19. The summed E-state index contributed by atoms with van der Waals surface area (Å²) in [6.07, 6.45) is 0. The van der Waals surface area contributed by atoms with E-state index < -0.39 is 0 Å². The van der Waals surface area contributed by atoms with Gasteiger partial charge in [-0.1, -0.05) is 111 Å². The monoisotopic (exact) mass is 712 g/mol. The maximum absolute atomic E-state index is 3.66. The van der Waals surface area contributed by atoms with Gasteiger partial charge in [-0.2, -0.15) is 0 Å². The molecule has 0 aromatic heterocycles. The van der Waals surface area contributed by atoms with E-state index in [4.69, 9.17) is 0 Å². The minimum absolute atomic E-state index is 0.235. The van der Waals surface area contributed by atoms with Crippen LogP contribution in [0.5, 0.6) is 0 Å². The second-order valence-corrected chi connectivity index (χ2v) is 14.1. The number of hydrogen-bond acceptors (Lipinski definition) is 4. The predicted octanol–water partition coefficient (Wildman–Crippen LogP) is 14.4. The van der Waals surface area contributed by atoms with E-state index in [0.29, 0.717) is 0 Å². The van der Waals surface area contributed by atoms with E-state index in [2.05, 4.69) is 253 Å². The standard InChI is InChI=1S/C51H44N4/c1-51(2,39-17-15-19-43(37-39)52-41-29-33-49(34-30-41)54(45-21-7-3-8-22-45)46-23-9-4-10-24-46)40-18-16-20-44(38-40)53-42-31-35-50(36-32-42)55(47-25-11-5-12-26-47)48-27-13-6-14-28-48/h3-38,52-53H,1-2H3. The Morgan fingerprint density at radius 1 is 0.291 bits per heavy atom. The van der Waals surface area contributed by atoms with E-state index in [1.165, 1.54) is 11.1 Å². The van der Waals surface area contributed by atoms with E-state index in [1.807, 2.05) is 0 Å². The summed E-state index contributed by atoms with van der Waals surface area (Å²) in [6.45, 7) is 4.58. The Labute approximate surface area is 325 Å². The number of nitrogens with zero attached hydrogens (tertiary/aromatic N) is 2. The van der Waals surface area contributed by atoms with Gasteiger partial charge in [-0.3, -0.25) is 0 Å². The highest BCUT2D eigenvalue weighted by Crippen LogP contribution is 2.38. The number of rotatable bonds is 12. The van der Waals surface area contributed by atoms with Crippen molar-refractivity contribution in [2.75, 3.05) is 20.4 Å². The molecular weight excluding hydrogens is 669 g/mol. The van der Waals surface area contributed by atoms with Crippen molar-refractivity contribution in [2.45, 2.75) is 19.3 Å². The predicted molar refractivity (Wildman–Crippen MR) is 234 cm³/mol. The van der Waals surface area contributed by atoms with Crippen LogP contribution in [0.4, 0.5) is 56.9 Å². The molecule has 0 unspecified atom stereocenters. The van der Waals surface area contributed by atoms with Crippen molar-refractivity contribution in [3.05, 3.63) is 230 Å². The van der Waals surface area contributed by atoms with Crippen LogP contribution in [0.25, 0.3) is 0 Å². The molecule has 0 aliphatic rings. The van der Waals surface area contributed by atoms with Gasteiger partial charge in [0.2, 0.25) is 0 Å². The molecule has 0 saturated heterocycles. The Bertz CT molecular complexity index is 2180. The van der Waals surface area contributed by atoms with E-state index in [-0.39, 0.29) is 5.41 Å². The number of nitrogens with one attached hydrogen (secondary N) is 2. The van der Waals surface area contributed by atoms with Crippen LogP contribution in [0.2, 0.25) is 0 Å². The van der Waals surface area contributed by atoms with Gasteiger partial charge in [0.25, 0.3) is 0 Å². The normalized spacial score (nSPS) is 11.1. The highest BCUT2D eigenvalue weighted by atomic mass is 15.1. The fourth-order valence-electron chi connectivity index (χ4n) is 7.06. The Kier molecular flexibility index (Phi) is 10.1. The fourth-order valence-corrected chi connectivity index (χ4v) is 7.06. The zero-order valence-electron chi connectivity index (χ0n) is 31.2. The van der Waals surface area contributed by atoms with Gasteiger partial charge in [0.05, 0.1) is 0 Å². The van der Waals surface area contributed by atoms with Gasteiger partial charge >= 0.3 is 0 Å². The van der Waals surface area contributed by atoms with Crippen molar-refractivity contribution < 1.29 is 0 Å². The smallest absolute Gasteiger partial charge is 0.0463 e. The second kappa shape index (κ2) is 15.9. The van der Waals surface area contributed by atoms with Crippen LogP contribution in [0.3, 0.4) is 0 Å². The summed E-state index contributed by atoms with van der Waals surface area (Å²) in [5.74, 6) is 0. The first-order valence-electron chi connectivity index (χ1n) is 18.8. The van der Waals surface area contributed by atoms with Crippen molar-refractivity contribution in [1.82, 2.24) is 0 Å². The van der Waals surface area contributed by atoms with Crippen molar-refractivity contribution in [3.63, 3.8) is 0 Å². The lowest BCUT2D eigenvalue weighted by Gasteiger charge is -2.28. The quantitative estimate of drug-likeness (QED) is 0.132. The highest BCUT2D eigenvalue weighted by Gasteiger charge is 2.24. The molecule has 268 valence electrons. The van der Waals surface area contributed by atoms with Crippen molar-refractivity contribution in [2.24, 2.45) is 0 Å².